The fourth-order valence-electron chi connectivity index (χ4n) is 2.20. The van der Waals surface area contributed by atoms with Crippen molar-refractivity contribution in [3.63, 3.8) is 0 Å². The van der Waals surface area contributed by atoms with Gasteiger partial charge in [-0.05, 0) is 25.2 Å². The highest BCUT2D eigenvalue weighted by Gasteiger charge is 2.41. The van der Waals surface area contributed by atoms with Crippen LogP contribution in [0.15, 0.2) is 0 Å². The summed E-state index contributed by atoms with van der Waals surface area (Å²) in [5.74, 6) is 0.618. The lowest BCUT2D eigenvalue weighted by atomic mass is 10.0. The van der Waals surface area contributed by atoms with Crippen molar-refractivity contribution in [3.05, 3.63) is 0 Å². The molecule has 1 saturated carbocycles. The summed E-state index contributed by atoms with van der Waals surface area (Å²) in [6.45, 7) is 6.20. The lowest BCUT2D eigenvalue weighted by Crippen LogP contribution is -2.41. The summed E-state index contributed by atoms with van der Waals surface area (Å²) >= 11 is 0. The highest BCUT2D eigenvalue weighted by Crippen LogP contribution is 2.34. The Balaban J connectivity index is 2.04. The van der Waals surface area contributed by atoms with Crippen LogP contribution in [0.4, 0.5) is 0 Å². The van der Waals surface area contributed by atoms with Gasteiger partial charge in [-0.15, -0.1) is 0 Å². The number of aliphatic hydroxyl groups is 2. The molecule has 0 aromatic rings. The topological polar surface area (TPSA) is 61.7 Å². The van der Waals surface area contributed by atoms with Gasteiger partial charge in [-0.3, -0.25) is 0 Å². The van der Waals surface area contributed by atoms with E-state index in [9.17, 15) is 5.11 Å². The molecule has 0 heterocycles. The molecule has 0 aromatic heterocycles. The van der Waals surface area contributed by atoms with Crippen LogP contribution in [0.1, 0.15) is 52.4 Å². The van der Waals surface area contributed by atoms with Gasteiger partial charge in [0.05, 0.1) is 19.3 Å². The molecular formula is C15H31NO3. The van der Waals surface area contributed by atoms with Crippen LogP contribution in [0, 0.1) is 5.92 Å². The number of unbranched alkanes of at least 4 members (excludes halogenated alkanes) is 1. The minimum atomic E-state index is -0.479. The van der Waals surface area contributed by atoms with Crippen LogP contribution < -0.4 is 5.32 Å². The Bertz CT molecular complexity index is 231. The first-order chi connectivity index (χ1) is 9.15. The second-order valence-electron chi connectivity index (χ2n) is 5.93. The molecule has 0 spiro atoms. The van der Waals surface area contributed by atoms with E-state index in [1.807, 2.05) is 0 Å². The Labute approximate surface area is 117 Å². The third-order valence-electron chi connectivity index (χ3n) is 4.08. The lowest BCUT2D eigenvalue weighted by Gasteiger charge is -2.19. The summed E-state index contributed by atoms with van der Waals surface area (Å²) in [6.07, 6.45) is 6.37. The molecule has 19 heavy (non-hydrogen) atoms. The maximum Gasteiger partial charge on any atom is 0.0897 e. The minimum Gasteiger partial charge on any atom is -0.394 e. The standard InChI is InChI=1S/C15H31NO3/c1-3-5-6-13(4-2)10-19-11-14(18)9-16-15(12-17)7-8-15/h13-14,16-18H,3-12H2,1-2H3. The predicted octanol–water partition coefficient (Wildman–Crippen LogP) is 1.69. The van der Waals surface area contributed by atoms with Gasteiger partial charge in [0, 0.05) is 18.7 Å². The summed E-state index contributed by atoms with van der Waals surface area (Å²) in [4.78, 5) is 0. The molecule has 0 bridgehead atoms. The summed E-state index contributed by atoms with van der Waals surface area (Å²) < 4.78 is 5.61. The van der Waals surface area contributed by atoms with Crippen molar-refractivity contribution in [1.82, 2.24) is 5.32 Å². The molecule has 3 N–H and O–H groups in total. The minimum absolute atomic E-state index is 0.103. The van der Waals surface area contributed by atoms with Crippen LogP contribution in [-0.4, -0.2) is 48.2 Å². The molecule has 4 heteroatoms. The molecule has 0 aliphatic heterocycles. The van der Waals surface area contributed by atoms with Crippen molar-refractivity contribution in [1.29, 1.82) is 0 Å². The van der Waals surface area contributed by atoms with Gasteiger partial charge in [-0.25, -0.2) is 0 Å². The van der Waals surface area contributed by atoms with Crippen molar-refractivity contribution >= 4 is 0 Å². The summed E-state index contributed by atoms with van der Waals surface area (Å²) in [7, 11) is 0. The van der Waals surface area contributed by atoms with Crippen molar-refractivity contribution in [3.8, 4) is 0 Å². The van der Waals surface area contributed by atoms with E-state index >= 15 is 0 Å². The maximum atomic E-state index is 9.83. The van der Waals surface area contributed by atoms with E-state index in [2.05, 4.69) is 19.2 Å². The lowest BCUT2D eigenvalue weighted by molar-refractivity contribution is 0.0169. The van der Waals surface area contributed by atoms with Crippen LogP contribution in [0.2, 0.25) is 0 Å². The molecule has 0 aromatic carbocycles. The molecule has 114 valence electrons. The number of hydrogen-bond donors (Lipinski definition) is 3. The van der Waals surface area contributed by atoms with E-state index in [-0.39, 0.29) is 12.1 Å². The first-order valence-electron chi connectivity index (χ1n) is 7.77. The number of hydrogen-bond acceptors (Lipinski definition) is 4. The van der Waals surface area contributed by atoms with Crippen LogP contribution in [0.3, 0.4) is 0 Å². The molecule has 1 aliphatic carbocycles. The van der Waals surface area contributed by atoms with E-state index in [0.717, 1.165) is 25.9 Å². The molecular weight excluding hydrogens is 242 g/mol. The zero-order valence-electron chi connectivity index (χ0n) is 12.5. The Kier molecular flexibility index (Phi) is 7.91. The highest BCUT2D eigenvalue weighted by atomic mass is 16.5. The van der Waals surface area contributed by atoms with Crippen LogP contribution in [0.5, 0.6) is 0 Å². The van der Waals surface area contributed by atoms with Gasteiger partial charge in [0.1, 0.15) is 0 Å². The highest BCUT2D eigenvalue weighted by molar-refractivity contribution is 5.01. The molecule has 2 atom stereocenters. The van der Waals surface area contributed by atoms with Gasteiger partial charge in [-0.2, -0.15) is 0 Å². The van der Waals surface area contributed by atoms with Crippen LogP contribution >= 0.6 is 0 Å². The predicted molar refractivity (Wildman–Crippen MR) is 77.2 cm³/mol. The summed E-state index contributed by atoms with van der Waals surface area (Å²) in [6, 6.07) is 0. The van der Waals surface area contributed by atoms with E-state index in [1.54, 1.807) is 0 Å². The van der Waals surface area contributed by atoms with E-state index < -0.39 is 6.10 Å². The summed E-state index contributed by atoms with van der Waals surface area (Å²) in [5, 5.41) is 22.2. The Morgan fingerprint density at radius 2 is 2.00 bits per heavy atom. The molecule has 1 aliphatic rings. The maximum absolute atomic E-state index is 9.83. The number of aliphatic hydroxyl groups excluding tert-OH is 2. The van der Waals surface area contributed by atoms with Gasteiger partial charge in [-0.1, -0.05) is 33.1 Å². The SMILES string of the molecule is CCCCC(CC)COCC(O)CNC1(CO)CC1. The number of ether oxygens (including phenoxy) is 1. The monoisotopic (exact) mass is 273 g/mol. The fraction of sp³-hybridized carbons (Fsp3) is 1.00. The Morgan fingerprint density at radius 3 is 2.53 bits per heavy atom. The molecule has 1 fully saturated rings. The Morgan fingerprint density at radius 1 is 1.26 bits per heavy atom. The molecule has 4 nitrogen and oxygen atoms in total. The van der Waals surface area contributed by atoms with Gasteiger partial charge in [0.2, 0.25) is 0 Å². The average molecular weight is 273 g/mol. The third kappa shape index (κ3) is 6.70. The fourth-order valence-corrected chi connectivity index (χ4v) is 2.20. The normalized spacial score (nSPS) is 20.2. The van der Waals surface area contributed by atoms with Crippen molar-refractivity contribution in [2.75, 3.05) is 26.4 Å². The van der Waals surface area contributed by atoms with Crippen molar-refractivity contribution < 1.29 is 14.9 Å². The van der Waals surface area contributed by atoms with Gasteiger partial charge in [0.15, 0.2) is 0 Å². The summed E-state index contributed by atoms with van der Waals surface area (Å²) in [5.41, 5.74) is -0.103. The van der Waals surface area contributed by atoms with E-state index in [0.29, 0.717) is 19.1 Å². The number of rotatable bonds is 12. The third-order valence-corrected chi connectivity index (χ3v) is 4.08. The molecule has 0 saturated heterocycles. The van der Waals surface area contributed by atoms with Gasteiger partial charge < -0.3 is 20.3 Å². The molecule has 0 amide bonds. The van der Waals surface area contributed by atoms with Crippen LogP contribution in [0.25, 0.3) is 0 Å². The van der Waals surface area contributed by atoms with E-state index in [4.69, 9.17) is 9.84 Å². The van der Waals surface area contributed by atoms with Gasteiger partial charge >= 0.3 is 0 Å². The zero-order valence-corrected chi connectivity index (χ0v) is 12.5. The number of β-amino-alcohol motifs (C(OH)–C–C–N with tert-alkyl or cyclic N) is 1. The van der Waals surface area contributed by atoms with Gasteiger partial charge in [0.25, 0.3) is 0 Å². The molecule has 2 unspecified atom stereocenters. The van der Waals surface area contributed by atoms with Crippen molar-refractivity contribution in [2.45, 2.75) is 64.0 Å². The largest absolute Gasteiger partial charge is 0.394 e. The number of nitrogens with one attached hydrogen (secondary N) is 1. The molecule has 0 radical (unpaired) electrons. The smallest absolute Gasteiger partial charge is 0.0897 e. The average Bonchev–Trinajstić information content (AvgIpc) is 3.21. The van der Waals surface area contributed by atoms with Crippen molar-refractivity contribution in [2.24, 2.45) is 5.92 Å². The second kappa shape index (κ2) is 8.90. The quantitative estimate of drug-likeness (QED) is 0.506. The van der Waals surface area contributed by atoms with Crippen LogP contribution in [-0.2, 0) is 4.74 Å². The van der Waals surface area contributed by atoms with E-state index in [1.165, 1.54) is 19.3 Å². The second-order valence-corrected chi connectivity index (χ2v) is 5.93. The zero-order chi connectivity index (χ0) is 14.1. The Hall–Kier alpha value is -0.160. The molecule has 1 rings (SSSR count). The first kappa shape index (κ1) is 16.9. The first-order valence-corrected chi connectivity index (χ1v) is 7.77.